The van der Waals surface area contributed by atoms with Gasteiger partial charge in [0.1, 0.15) is 0 Å². The van der Waals surface area contributed by atoms with Crippen LogP contribution in [-0.2, 0) is 32.3 Å². The highest BCUT2D eigenvalue weighted by Gasteiger charge is 2.49. The van der Waals surface area contributed by atoms with Crippen LogP contribution in [0.15, 0.2) is 48.9 Å². The summed E-state index contributed by atoms with van der Waals surface area (Å²) in [6.45, 7) is 7.05. The van der Waals surface area contributed by atoms with Crippen molar-refractivity contribution in [2.45, 2.75) is 38.1 Å². The van der Waals surface area contributed by atoms with Gasteiger partial charge in [0.25, 0.3) is 0 Å². The van der Waals surface area contributed by atoms with Crippen molar-refractivity contribution in [1.29, 1.82) is 0 Å². The first kappa shape index (κ1) is 41.0. The van der Waals surface area contributed by atoms with E-state index in [0.717, 1.165) is 31.9 Å². The molecule has 0 bridgehead atoms. The van der Waals surface area contributed by atoms with Crippen molar-refractivity contribution in [2.24, 2.45) is 11.3 Å². The second kappa shape index (κ2) is 17.8. The van der Waals surface area contributed by atoms with Crippen molar-refractivity contribution in [1.82, 2.24) is 19.8 Å². The van der Waals surface area contributed by atoms with E-state index < -0.39 is 36.4 Å². The predicted octanol–water partition coefficient (Wildman–Crippen LogP) is 4.35. The highest BCUT2D eigenvalue weighted by Crippen LogP contribution is 2.44. The van der Waals surface area contributed by atoms with E-state index in [0.29, 0.717) is 17.9 Å². The number of likely N-dealkylation sites (tertiary alicyclic amines) is 2. The van der Waals surface area contributed by atoms with Crippen molar-refractivity contribution >= 4 is 17.9 Å². The third kappa shape index (κ3) is 15.4. The van der Waals surface area contributed by atoms with Gasteiger partial charge < -0.3 is 25.0 Å². The SMILES string of the molecule is CN1C[C@H](COCc2ccccn2)[C@]2(CCN(Cc3cccnc3)C2)C1.O=C(O)C(F)(F)F.O=C(O)C(F)(F)F.O=C(O)C(F)(F)F. The highest BCUT2D eigenvalue weighted by atomic mass is 19.4. The lowest BCUT2D eigenvalue weighted by molar-refractivity contribution is -0.193. The predicted molar refractivity (Wildman–Crippen MR) is 143 cm³/mol. The summed E-state index contributed by atoms with van der Waals surface area (Å²) in [7, 11) is 2.24. The zero-order chi connectivity index (χ0) is 36.1. The molecule has 264 valence electrons. The molecule has 0 aromatic carbocycles. The van der Waals surface area contributed by atoms with Gasteiger partial charge >= 0.3 is 36.4 Å². The summed E-state index contributed by atoms with van der Waals surface area (Å²) in [6, 6.07) is 10.2. The molecule has 11 nitrogen and oxygen atoms in total. The number of alkyl halides is 9. The lowest BCUT2D eigenvalue weighted by Gasteiger charge is -2.30. The summed E-state index contributed by atoms with van der Waals surface area (Å²) in [6.07, 6.45) is -8.33. The van der Waals surface area contributed by atoms with Gasteiger partial charge in [-0.2, -0.15) is 39.5 Å². The quantitative estimate of drug-likeness (QED) is 0.370. The topological polar surface area (TPSA) is 153 Å². The van der Waals surface area contributed by atoms with Crippen LogP contribution in [0.2, 0.25) is 0 Å². The zero-order valence-electron chi connectivity index (χ0n) is 24.5. The Bertz CT molecular complexity index is 1210. The number of nitrogens with zero attached hydrogens (tertiary/aromatic N) is 4. The molecule has 0 unspecified atom stereocenters. The number of hydrogen-bond acceptors (Lipinski definition) is 8. The van der Waals surface area contributed by atoms with E-state index in [2.05, 4.69) is 32.9 Å². The number of carboxylic acids is 3. The number of carboxylic acid groups (broad SMARTS) is 3. The molecule has 2 aromatic heterocycles. The standard InChI is InChI=1S/C21H28N4O.3C2HF3O2/c1-24-13-19(14-26-15-20-6-2-3-9-23-20)21(16-24)7-10-25(17-21)12-18-5-4-8-22-11-18;3*3-2(4,5)1(6)7/h2-6,8-9,11,19H,7,10,12-17H2,1H3;3*(H,6,7)/t19-,21-;;;/m1.../s1. The van der Waals surface area contributed by atoms with Gasteiger partial charge in [-0.05, 0) is 43.8 Å². The van der Waals surface area contributed by atoms with Crippen LogP contribution in [0.4, 0.5) is 39.5 Å². The number of carbonyl (C=O) groups is 3. The molecule has 47 heavy (non-hydrogen) atoms. The van der Waals surface area contributed by atoms with Crippen LogP contribution in [-0.4, -0.2) is 111 Å². The Hall–Kier alpha value is -4.04. The molecule has 0 radical (unpaired) electrons. The summed E-state index contributed by atoms with van der Waals surface area (Å²) >= 11 is 0. The molecule has 2 aliphatic heterocycles. The first-order valence-electron chi connectivity index (χ1n) is 13.2. The van der Waals surface area contributed by atoms with Crippen molar-refractivity contribution < 1.29 is 74.0 Å². The average Bonchev–Trinajstić information content (AvgIpc) is 3.50. The average molecular weight is 695 g/mol. The van der Waals surface area contributed by atoms with Gasteiger partial charge in [0.2, 0.25) is 0 Å². The van der Waals surface area contributed by atoms with E-state index in [9.17, 15) is 39.5 Å². The van der Waals surface area contributed by atoms with Gasteiger partial charge in [0.15, 0.2) is 0 Å². The number of aromatic nitrogens is 2. The molecule has 4 heterocycles. The molecule has 2 saturated heterocycles. The largest absolute Gasteiger partial charge is 0.490 e. The van der Waals surface area contributed by atoms with Crippen LogP contribution < -0.4 is 0 Å². The van der Waals surface area contributed by atoms with Gasteiger partial charge in [0, 0.05) is 56.1 Å². The molecule has 2 atom stereocenters. The van der Waals surface area contributed by atoms with Crippen LogP contribution >= 0.6 is 0 Å². The molecule has 2 aromatic rings. The Morgan fingerprint density at radius 3 is 1.87 bits per heavy atom. The van der Waals surface area contributed by atoms with Gasteiger partial charge in [-0.15, -0.1) is 0 Å². The summed E-state index contributed by atoms with van der Waals surface area (Å²) in [5.41, 5.74) is 2.68. The molecule has 3 N–H and O–H groups in total. The summed E-state index contributed by atoms with van der Waals surface area (Å²) < 4.78 is 101. The molecule has 0 amide bonds. The maximum absolute atomic E-state index is 10.6. The van der Waals surface area contributed by atoms with E-state index in [-0.39, 0.29) is 0 Å². The molecular weight excluding hydrogens is 663 g/mol. The molecule has 0 aliphatic carbocycles. The molecule has 2 aliphatic rings. The van der Waals surface area contributed by atoms with E-state index >= 15 is 0 Å². The Morgan fingerprint density at radius 2 is 1.43 bits per heavy atom. The summed E-state index contributed by atoms with van der Waals surface area (Å²) in [5.74, 6) is -7.68. The van der Waals surface area contributed by atoms with Crippen LogP contribution in [0.1, 0.15) is 17.7 Å². The molecule has 4 rings (SSSR count). The number of halogens is 9. The minimum absolute atomic E-state index is 0.362. The first-order chi connectivity index (χ1) is 21.6. The minimum atomic E-state index is -5.08. The van der Waals surface area contributed by atoms with Gasteiger partial charge in [-0.3, -0.25) is 14.9 Å². The second-order valence-electron chi connectivity index (χ2n) is 10.3. The lowest BCUT2D eigenvalue weighted by Crippen LogP contribution is -2.36. The molecule has 1 spiro atoms. The number of aliphatic carboxylic acids is 3. The fourth-order valence-corrected chi connectivity index (χ4v) is 4.65. The van der Waals surface area contributed by atoms with Crippen LogP contribution in [0.25, 0.3) is 0 Å². The number of ether oxygens (including phenoxy) is 1. The lowest BCUT2D eigenvalue weighted by atomic mass is 9.77. The summed E-state index contributed by atoms with van der Waals surface area (Å²) in [4.78, 5) is 40.4. The van der Waals surface area contributed by atoms with Crippen molar-refractivity contribution in [3.63, 3.8) is 0 Å². The maximum Gasteiger partial charge on any atom is 0.490 e. The van der Waals surface area contributed by atoms with Crippen molar-refractivity contribution in [3.05, 3.63) is 60.2 Å². The van der Waals surface area contributed by atoms with E-state index in [1.165, 1.54) is 25.1 Å². The van der Waals surface area contributed by atoms with E-state index in [1.807, 2.05) is 42.9 Å². The monoisotopic (exact) mass is 694 g/mol. The van der Waals surface area contributed by atoms with Gasteiger partial charge in [-0.25, -0.2) is 14.4 Å². The summed E-state index contributed by atoms with van der Waals surface area (Å²) in [5, 5.41) is 21.4. The Kier molecular flexibility index (Phi) is 15.5. The third-order valence-electron chi connectivity index (χ3n) is 6.60. The van der Waals surface area contributed by atoms with E-state index in [4.69, 9.17) is 34.4 Å². The minimum Gasteiger partial charge on any atom is -0.475 e. The Labute approximate surface area is 261 Å². The fraction of sp³-hybridized carbons (Fsp3) is 0.519. The van der Waals surface area contributed by atoms with Crippen LogP contribution in [0, 0.1) is 11.3 Å². The molecule has 0 saturated carbocycles. The second-order valence-corrected chi connectivity index (χ2v) is 10.3. The molecule has 2 fully saturated rings. The fourth-order valence-electron chi connectivity index (χ4n) is 4.65. The van der Waals surface area contributed by atoms with Crippen molar-refractivity contribution in [2.75, 3.05) is 39.8 Å². The number of pyridine rings is 2. The molecular formula is C27H31F9N4O7. The van der Waals surface area contributed by atoms with Crippen LogP contribution in [0.3, 0.4) is 0 Å². The van der Waals surface area contributed by atoms with Crippen molar-refractivity contribution in [3.8, 4) is 0 Å². The smallest absolute Gasteiger partial charge is 0.475 e. The van der Waals surface area contributed by atoms with E-state index in [1.54, 1.807) is 0 Å². The highest BCUT2D eigenvalue weighted by molar-refractivity contribution is 5.73. The number of hydrogen-bond donors (Lipinski definition) is 3. The number of rotatable bonds is 6. The van der Waals surface area contributed by atoms with Gasteiger partial charge in [-0.1, -0.05) is 12.1 Å². The van der Waals surface area contributed by atoms with Crippen LogP contribution in [0.5, 0.6) is 0 Å². The molecule has 20 heteroatoms. The Balaban J connectivity index is 0.000000430. The van der Waals surface area contributed by atoms with Gasteiger partial charge in [0.05, 0.1) is 18.9 Å². The zero-order valence-corrected chi connectivity index (χ0v) is 24.5. The normalized spacial score (nSPS) is 19.8. The third-order valence-corrected chi connectivity index (χ3v) is 6.60. The Morgan fingerprint density at radius 1 is 0.872 bits per heavy atom. The first-order valence-corrected chi connectivity index (χ1v) is 13.2. The maximum atomic E-state index is 10.6.